The van der Waals surface area contributed by atoms with Gasteiger partial charge < -0.3 is 15.2 Å². The lowest BCUT2D eigenvalue weighted by Gasteiger charge is -2.21. The first-order chi connectivity index (χ1) is 8.15. The summed E-state index contributed by atoms with van der Waals surface area (Å²) in [5.41, 5.74) is -1.24. The summed E-state index contributed by atoms with van der Waals surface area (Å²) >= 11 is 0. The SMILES string of the molecule is CC(C)CC(C)OCCC(=O)NC(C)(C)C(=O)O. The van der Waals surface area contributed by atoms with Gasteiger partial charge in [0.25, 0.3) is 0 Å². The van der Waals surface area contributed by atoms with Crippen molar-refractivity contribution in [1.29, 1.82) is 0 Å². The van der Waals surface area contributed by atoms with E-state index in [9.17, 15) is 9.59 Å². The lowest BCUT2D eigenvalue weighted by atomic mass is 10.1. The fourth-order valence-electron chi connectivity index (χ4n) is 1.55. The number of ether oxygens (including phenoxy) is 1. The van der Waals surface area contributed by atoms with Crippen LogP contribution in [0.25, 0.3) is 0 Å². The summed E-state index contributed by atoms with van der Waals surface area (Å²) in [5.74, 6) is -0.802. The average Bonchev–Trinajstić information content (AvgIpc) is 2.14. The molecule has 0 heterocycles. The lowest BCUT2D eigenvalue weighted by Crippen LogP contribution is -2.49. The van der Waals surface area contributed by atoms with E-state index >= 15 is 0 Å². The van der Waals surface area contributed by atoms with Crippen molar-refractivity contribution in [3.63, 3.8) is 0 Å². The van der Waals surface area contributed by atoms with Crippen LogP contribution in [0.2, 0.25) is 0 Å². The molecule has 0 spiro atoms. The molecule has 0 aromatic rings. The van der Waals surface area contributed by atoms with Crippen LogP contribution in [0.4, 0.5) is 0 Å². The molecule has 0 bridgehead atoms. The van der Waals surface area contributed by atoms with Gasteiger partial charge >= 0.3 is 5.97 Å². The zero-order chi connectivity index (χ0) is 14.3. The smallest absolute Gasteiger partial charge is 0.328 e. The Kier molecular flexibility index (Phi) is 6.91. The molecule has 5 heteroatoms. The number of carboxylic acid groups (broad SMARTS) is 1. The normalized spacial score (nSPS) is 13.4. The first-order valence-corrected chi connectivity index (χ1v) is 6.31. The predicted octanol–water partition coefficient (Wildman–Crippen LogP) is 1.81. The maximum Gasteiger partial charge on any atom is 0.328 e. The van der Waals surface area contributed by atoms with Gasteiger partial charge in [-0.1, -0.05) is 13.8 Å². The molecule has 0 saturated carbocycles. The topological polar surface area (TPSA) is 75.6 Å². The molecule has 2 N–H and O–H groups in total. The summed E-state index contributed by atoms with van der Waals surface area (Å²) in [6.07, 6.45) is 1.24. The van der Waals surface area contributed by atoms with Crippen molar-refractivity contribution in [2.45, 2.75) is 59.1 Å². The van der Waals surface area contributed by atoms with E-state index in [1.165, 1.54) is 13.8 Å². The van der Waals surface area contributed by atoms with Crippen LogP contribution in [0.3, 0.4) is 0 Å². The fraction of sp³-hybridized carbons (Fsp3) is 0.846. The van der Waals surface area contributed by atoms with E-state index in [0.29, 0.717) is 12.5 Å². The number of nitrogens with one attached hydrogen (secondary N) is 1. The summed E-state index contributed by atoms with van der Waals surface area (Å²) in [5, 5.41) is 11.3. The van der Waals surface area contributed by atoms with E-state index in [0.717, 1.165) is 6.42 Å². The highest BCUT2D eigenvalue weighted by atomic mass is 16.5. The summed E-state index contributed by atoms with van der Waals surface area (Å²) in [6.45, 7) is 9.42. The molecule has 0 aliphatic heterocycles. The molecule has 0 aliphatic carbocycles. The van der Waals surface area contributed by atoms with E-state index < -0.39 is 11.5 Å². The van der Waals surface area contributed by atoms with E-state index in [1.54, 1.807) is 0 Å². The molecule has 0 aromatic heterocycles. The molecule has 0 rings (SSSR count). The average molecular weight is 259 g/mol. The quantitative estimate of drug-likeness (QED) is 0.697. The Morgan fingerprint density at radius 3 is 2.28 bits per heavy atom. The molecule has 0 aliphatic rings. The van der Waals surface area contributed by atoms with Gasteiger partial charge in [0, 0.05) is 6.42 Å². The van der Waals surface area contributed by atoms with Crippen LogP contribution < -0.4 is 5.32 Å². The number of aliphatic carboxylic acids is 1. The minimum atomic E-state index is -1.24. The van der Waals surface area contributed by atoms with Crippen LogP contribution in [-0.4, -0.2) is 35.2 Å². The second kappa shape index (κ2) is 7.36. The van der Waals surface area contributed by atoms with Crippen LogP contribution in [0.5, 0.6) is 0 Å². The summed E-state index contributed by atoms with van der Waals surface area (Å²) in [7, 11) is 0. The number of carboxylic acids is 1. The number of hydrogen-bond donors (Lipinski definition) is 2. The lowest BCUT2D eigenvalue weighted by molar-refractivity contribution is -0.146. The van der Waals surface area contributed by atoms with Crippen molar-refractivity contribution in [3.05, 3.63) is 0 Å². The summed E-state index contributed by atoms with van der Waals surface area (Å²) in [4.78, 5) is 22.3. The predicted molar refractivity (Wildman–Crippen MR) is 69.3 cm³/mol. The summed E-state index contributed by atoms with van der Waals surface area (Å²) in [6, 6.07) is 0. The zero-order valence-corrected chi connectivity index (χ0v) is 11.9. The Morgan fingerprint density at radius 2 is 1.83 bits per heavy atom. The minimum absolute atomic E-state index is 0.116. The monoisotopic (exact) mass is 259 g/mol. The Morgan fingerprint density at radius 1 is 1.28 bits per heavy atom. The van der Waals surface area contributed by atoms with E-state index in [1.807, 2.05) is 6.92 Å². The molecular formula is C13H25NO4. The van der Waals surface area contributed by atoms with Crippen molar-refractivity contribution in [2.75, 3.05) is 6.61 Å². The second-order valence-corrected chi connectivity index (χ2v) is 5.54. The zero-order valence-electron chi connectivity index (χ0n) is 11.9. The first-order valence-electron chi connectivity index (χ1n) is 6.31. The standard InChI is InChI=1S/C13H25NO4/c1-9(2)8-10(3)18-7-6-11(15)14-13(4,5)12(16)17/h9-10H,6-8H2,1-5H3,(H,14,15)(H,16,17). The maximum absolute atomic E-state index is 11.5. The van der Waals surface area contributed by atoms with Gasteiger partial charge in [0.05, 0.1) is 12.7 Å². The largest absolute Gasteiger partial charge is 0.480 e. The Labute approximate surface area is 109 Å². The van der Waals surface area contributed by atoms with Crippen molar-refractivity contribution in [2.24, 2.45) is 5.92 Å². The Hall–Kier alpha value is -1.10. The van der Waals surface area contributed by atoms with Gasteiger partial charge in [-0.25, -0.2) is 4.79 Å². The number of carbonyl (C=O) groups is 2. The number of amides is 1. The van der Waals surface area contributed by atoms with Gasteiger partial charge in [-0.15, -0.1) is 0 Å². The first kappa shape index (κ1) is 16.9. The van der Waals surface area contributed by atoms with Gasteiger partial charge in [-0.05, 0) is 33.1 Å². The third-order valence-corrected chi connectivity index (χ3v) is 2.52. The summed E-state index contributed by atoms with van der Waals surface area (Å²) < 4.78 is 5.49. The molecule has 1 unspecified atom stereocenters. The van der Waals surface area contributed by atoms with Crippen LogP contribution in [0.1, 0.15) is 47.5 Å². The third-order valence-electron chi connectivity index (χ3n) is 2.52. The van der Waals surface area contributed by atoms with Gasteiger partial charge in [0.2, 0.25) is 5.91 Å². The maximum atomic E-state index is 11.5. The Balaban J connectivity index is 3.88. The van der Waals surface area contributed by atoms with E-state index in [4.69, 9.17) is 9.84 Å². The molecule has 0 saturated heterocycles. The van der Waals surface area contributed by atoms with Gasteiger partial charge in [0.15, 0.2) is 0 Å². The molecular weight excluding hydrogens is 234 g/mol. The van der Waals surface area contributed by atoms with Crippen molar-refractivity contribution in [1.82, 2.24) is 5.32 Å². The van der Waals surface area contributed by atoms with E-state index in [2.05, 4.69) is 19.2 Å². The highest BCUT2D eigenvalue weighted by Gasteiger charge is 2.28. The number of carbonyl (C=O) groups excluding carboxylic acids is 1. The third kappa shape index (κ3) is 7.27. The molecule has 0 radical (unpaired) electrons. The van der Waals surface area contributed by atoms with Crippen molar-refractivity contribution >= 4 is 11.9 Å². The fourth-order valence-corrected chi connectivity index (χ4v) is 1.55. The highest BCUT2D eigenvalue weighted by molar-refractivity contribution is 5.86. The Bertz CT molecular complexity index is 287. The molecule has 18 heavy (non-hydrogen) atoms. The molecule has 5 nitrogen and oxygen atoms in total. The second-order valence-electron chi connectivity index (χ2n) is 5.54. The van der Waals surface area contributed by atoms with Crippen molar-refractivity contribution in [3.8, 4) is 0 Å². The van der Waals surface area contributed by atoms with Crippen LogP contribution >= 0.6 is 0 Å². The van der Waals surface area contributed by atoms with Crippen LogP contribution in [-0.2, 0) is 14.3 Å². The van der Waals surface area contributed by atoms with Gasteiger partial charge in [0.1, 0.15) is 5.54 Å². The van der Waals surface area contributed by atoms with Crippen LogP contribution in [0, 0.1) is 5.92 Å². The van der Waals surface area contributed by atoms with E-state index in [-0.39, 0.29) is 18.4 Å². The molecule has 106 valence electrons. The van der Waals surface area contributed by atoms with Crippen LogP contribution in [0.15, 0.2) is 0 Å². The molecule has 1 atom stereocenters. The number of hydrogen-bond acceptors (Lipinski definition) is 3. The van der Waals surface area contributed by atoms with Gasteiger partial charge in [-0.2, -0.15) is 0 Å². The number of rotatable bonds is 8. The minimum Gasteiger partial charge on any atom is -0.480 e. The van der Waals surface area contributed by atoms with Crippen molar-refractivity contribution < 1.29 is 19.4 Å². The molecule has 0 fully saturated rings. The molecule has 0 aromatic carbocycles. The highest BCUT2D eigenvalue weighted by Crippen LogP contribution is 2.08. The van der Waals surface area contributed by atoms with Gasteiger partial charge in [-0.3, -0.25) is 4.79 Å². The molecule has 1 amide bonds.